The van der Waals surface area contributed by atoms with E-state index in [4.69, 9.17) is 5.73 Å². The van der Waals surface area contributed by atoms with Gasteiger partial charge in [-0.2, -0.15) is 0 Å². The molecule has 1 aliphatic carbocycles. The quantitative estimate of drug-likeness (QED) is 0.655. The molecule has 0 spiro atoms. The fourth-order valence-corrected chi connectivity index (χ4v) is 2.41. The summed E-state index contributed by atoms with van der Waals surface area (Å²) in [6.07, 6.45) is 5.50. The van der Waals surface area contributed by atoms with Crippen LogP contribution in [0.5, 0.6) is 0 Å². The zero-order chi connectivity index (χ0) is 12.0. The third-order valence-electron chi connectivity index (χ3n) is 3.65. The van der Waals surface area contributed by atoms with Crippen LogP contribution in [0, 0.1) is 17.8 Å². The fraction of sp³-hybridized carbons (Fsp3) is 1.00. The summed E-state index contributed by atoms with van der Waals surface area (Å²) in [6.45, 7) is 11.5. The Balaban J connectivity index is 2.17. The van der Waals surface area contributed by atoms with Gasteiger partial charge in [-0.25, -0.2) is 0 Å². The van der Waals surface area contributed by atoms with Crippen molar-refractivity contribution in [2.75, 3.05) is 26.2 Å². The maximum Gasteiger partial charge on any atom is 0.000954 e. The molecule has 2 heteroatoms. The minimum atomic E-state index is 0.730. The van der Waals surface area contributed by atoms with Gasteiger partial charge in [0.05, 0.1) is 0 Å². The largest absolute Gasteiger partial charge is 0.330 e. The van der Waals surface area contributed by atoms with Crippen LogP contribution in [0.4, 0.5) is 0 Å². The molecule has 2 N–H and O–H groups in total. The Morgan fingerprint density at radius 3 is 2.44 bits per heavy atom. The van der Waals surface area contributed by atoms with Crippen molar-refractivity contribution in [2.45, 2.75) is 46.5 Å². The molecule has 96 valence electrons. The second-order valence-corrected chi connectivity index (χ2v) is 5.86. The molecule has 2 nitrogen and oxygen atoms in total. The molecule has 0 aromatic carbocycles. The van der Waals surface area contributed by atoms with Gasteiger partial charge in [-0.15, -0.1) is 0 Å². The van der Waals surface area contributed by atoms with Gasteiger partial charge in [0, 0.05) is 6.54 Å². The van der Waals surface area contributed by atoms with Crippen molar-refractivity contribution >= 4 is 0 Å². The summed E-state index contributed by atoms with van der Waals surface area (Å²) >= 11 is 0. The number of rotatable bonds is 9. The van der Waals surface area contributed by atoms with E-state index in [-0.39, 0.29) is 0 Å². The molecule has 1 rings (SSSR count). The molecule has 0 amide bonds. The summed E-state index contributed by atoms with van der Waals surface area (Å²) in [6, 6.07) is 0. The first kappa shape index (κ1) is 14.0. The van der Waals surface area contributed by atoms with E-state index in [9.17, 15) is 0 Å². The predicted molar refractivity (Wildman–Crippen MR) is 71.5 cm³/mol. The second kappa shape index (κ2) is 7.29. The lowest BCUT2D eigenvalue weighted by atomic mass is 9.94. The van der Waals surface area contributed by atoms with Crippen LogP contribution in [-0.4, -0.2) is 31.1 Å². The second-order valence-electron chi connectivity index (χ2n) is 5.86. The van der Waals surface area contributed by atoms with Gasteiger partial charge >= 0.3 is 0 Å². The summed E-state index contributed by atoms with van der Waals surface area (Å²) in [5, 5.41) is 0. The van der Waals surface area contributed by atoms with E-state index in [1.54, 1.807) is 0 Å². The summed E-state index contributed by atoms with van der Waals surface area (Å²) in [5.74, 6) is 2.53. The Morgan fingerprint density at radius 2 is 2.00 bits per heavy atom. The molecular formula is C14H30N2. The molecule has 1 saturated carbocycles. The van der Waals surface area contributed by atoms with Crippen molar-refractivity contribution in [1.82, 2.24) is 4.90 Å². The fourth-order valence-electron chi connectivity index (χ4n) is 2.41. The SMILES string of the molecule is CCN(CCC(CN)CC(C)C)CC1CC1. The van der Waals surface area contributed by atoms with E-state index in [1.807, 2.05) is 0 Å². The lowest BCUT2D eigenvalue weighted by molar-refractivity contribution is 0.245. The molecule has 1 aliphatic rings. The topological polar surface area (TPSA) is 29.3 Å². The highest BCUT2D eigenvalue weighted by molar-refractivity contribution is 4.77. The molecule has 0 heterocycles. The third-order valence-corrected chi connectivity index (χ3v) is 3.65. The zero-order valence-corrected chi connectivity index (χ0v) is 11.4. The van der Waals surface area contributed by atoms with Gasteiger partial charge in [0.15, 0.2) is 0 Å². The molecular weight excluding hydrogens is 196 g/mol. The summed E-state index contributed by atoms with van der Waals surface area (Å²) < 4.78 is 0. The predicted octanol–water partition coefficient (Wildman–Crippen LogP) is 2.73. The van der Waals surface area contributed by atoms with Crippen LogP contribution in [0.15, 0.2) is 0 Å². The molecule has 0 bridgehead atoms. The van der Waals surface area contributed by atoms with Crippen molar-refractivity contribution in [1.29, 1.82) is 0 Å². The molecule has 1 fully saturated rings. The molecule has 16 heavy (non-hydrogen) atoms. The highest BCUT2D eigenvalue weighted by atomic mass is 15.1. The number of hydrogen-bond acceptors (Lipinski definition) is 2. The first-order chi connectivity index (χ1) is 7.65. The van der Waals surface area contributed by atoms with Gasteiger partial charge in [0.25, 0.3) is 0 Å². The minimum absolute atomic E-state index is 0.730. The molecule has 0 aromatic rings. The zero-order valence-electron chi connectivity index (χ0n) is 11.4. The number of nitrogens with zero attached hydrogens (tertiary/aromatic N) is 1. The highest BCUT2D eigenvalue weighted by Gasteiger charge is 2.23. The summed E-state index contributed by atoms with van der Waals surface area (Å²) in [4.78, 5) is 2.61. The van der Waals surface area contributed by atoms with E-state index in [0.717, 1.165) is 24.3 Å². The molecule has 0 aliphatic heterocycles. The van der Waals surface area contributed by atoms with Crippen LogP contribution in [0.3, 0.4) is 0 Å². The molecule has 0 saturated heterocycles. The Morgan fingerprint density at radius 1 is 1.31 bits per heavy atom. The highest BCUT2D eigenvalue weighted by Crippen LogP contribution is 2.29. The number of nitrogens with two attached hydrogens (primary N) is 1. The van der Waals surface area contributed by atoms with Crippen LogP contribution < -0.4 is 5.73 Å². The van der Waals surface area contributed by atoms with E-state index < -0.39 is 0 Å². The Kier molecular flexibility index (Phi) is 6.37. The van der Waals surface area contributed by atoms with Crippen molar-refractivity contribution in [2.24, 2.45) is 23.5 Å². The average molecular weight is 226 g/mol. The van der Waals surface area contributed by atoms with Gasteiger partial charge < -0.3 is 10.6 Å². The van der Waals surface area contributed by atoms with Crippen LogP contribution in [0.1, 0.15) is 46.5 Å². The van der Waals surface area contributed by atoms with Gasteiger partial charge in [-0.1, -0.05) is 20.8 Å². The Hall–Kier alpha value is -0.0800. The Labute approximate surface area is 102 Å². The van der Waals surface area contributed by atoms with Crippen LogP contribution in [0.2, 0.25) is 0 Å². The van der Waals surface area contributed by atoms with Gasteiger partial charge in [0.2, 0.25) is 0 Å². The summed E-state index contributed by atoms with van der Waals surface area (Å²) in [5.41, 5.74) is 5.84. The molecule has 0 radical (unpaired) electrons. The van der Waals surface area contributed by atoms with Gasteiger partial charge in [-0.3, -0.25) is 0 Å². The van der Waals surface area contributed by atoms with Crippen molar-refractivity contribution in [3.8, 4) is 0 Å². The third kappa shape index (κ3) is 5.86. The first-order valence-corrected chi connectivity index (χ1v) is 7.08. The maximum absolute atomic E-state index is 5.84. The molecule has 0 aromatic heterocycles. The molecule has 1 atom stereocenters. The molecule has 1 unspecified atom stereocenters. The Bertz CT molecular complexity index is 164. The van der Waals surface area contributed by atoms with E-state index in [1.165, 1.54) is 45.3 Å². The van der Waals surface area contributed by atoms with Crippen LogP contribution in [-0.2, 0) is 0 Å². The normalized spacial score (nSPS) is 18.4. The number of hydrogen-bond donors (Lipinski definition) is 1. The standard InChI is InChI=1S/C14H30N2/c1-4-16(11-13-5-6-13)8-7-14(10-15)9-12(2)3/h12-14H,4-11,15H2,1-3H3. The van der Waals surface area contributed by atoms with E-state index >= 15 is 0 Å². The lowest BCUT2D eigenvalue weighted by Gasteiger charge is -2.24. The first-order valence-electron chi connectivity index (χ1n) is 7.08. The van der Waals surface area contributed by atoms with Crippen LogP contribution >= 0.6 is 0 Å². The minimum Gasteiger partial charge on any atom is -0.330 e. The van der Waals surface area contributed by atoms with Crippen molar-refractivity contribution in [3.63, 3.8) is 0 Å². The summed E-state index contributed by atoms with van der Waals surface area (Å²) in [7, 11) is 0. The van der Waals surface area contributed by atoms with E-state index in [0.29, 0.717) is 0 Å². The van der Waals surface area contributed by atoms with Crippen molar-refractivity contribution < 1.29 is 0 Å². The lowest BCUT2D eigenvalue weighted by Crippen LogP contribution is -2.30. The smallest absolute Gasteiger partial charge is 0.000954 e. The van der Waals surface area contributed by atoms with E-state index in [2.05, 4.69) is 25.7 Å². The monoisotopic (exact) mass is 226 g/mol. The van der Waals surface area contributed by atoms with Gasteiger partial charge in [0.1, 0.15) is 0 Å². The van der Waals surface area contributed by atoms with Gasteiger partial charge in [-0.05, 0) is 63.1 Å². The van der Waals surface area contributed by atoms with Crippen molar-refractivity contribution in [3.05, 3.63) is 0 Å². The van der Waals surface area contributed by atoms with Crippen LogP contribution in [0.25, 0.3) is 0 Å². The maximum atomic E-state index is 5.84. The average Bonchev–Trinajstić information content (AvgIpc) is 3.05.